The van der Waals surface area contributed by atoms with E-state index in [1.807, 2.05) is 22.7 Å². The third-order valence-corrected chi connectivity index (χ3v) is 4.30. The quantitative estimate of drug-likeness (QED) is 0.907. The van der Waals surface area contributed by atoms with Crippen molar-refractivity contribution in [1.29, 1.82) is 0 Å². The number of hydrogen-bond acceptors (Lipinski definition) is 6. The molecular weight excluding hydrogens is 284 g/mol. The lowest BCUT2D eigenvalue weighted by Crippen LogP contribution is -2.35. The van der Waals surface area contributed by atoms with Crippen molar-refractivity contribution >= 4 is 11.9 Å². The molecule has 4 rings (SSSR count). The van der Waals surface area contributed by atoms with Crippen LogP contribution in [0.4, 0.5) is 6.01 Å². The molecule has 0 spiro atoms. The lowest BCUT2D eigenvalue weighted by Gasteiger charge is -2.28. The molecule has 2 fully saturated rings. The van der Waals surface area contributed by atoms with Gasteiger partial charge in [0.2, 0.25) is 11.8 Å². The molecule has 1 saturated heterocycles. The maximum absolute atomic E-state index is 12.5. The minimum atomic E-state index is -0.0941. The Balaban J connectivity index is 1.66. The van der Waals surface area contributed by atoms with Gasteiger partial charge in [0.25, 0.3) is 0 Å². The number of aromatic nitrogens is 4. The Morgan fingerprint density at radius 3 is 2.77 bits per heavy atom. The molecule has 0 bridgehead atoms. The van der Waals surface area contributed by atoms with Crippen molar-refractivity contribution < 1.29 is 9.21 Å². The average Bonchev–Trinajstić information content (AvgIpc) is 2.96. The third-order valence-electron chi connectivity index (χ3n) is 4.30. The fourth-order valence-electron chi connectivity index (χ4n) is 3.20. The zero-order valence-electron chi connectivity index (χ0n) is 12.6. The number of carbonyl (C=O) groups excluding carboxylic acids is 1. The smallest absolute Gasteiger partial charge is 0.315 e. The number of aryl methyl sites for hydroxylation is 2. The summed E-state index contributed by atoms with van der Waals surface area (Å²) in [7, 11) is 1.90. The Labute approximate surface area is 127 Å². The molecule has 2 aromatic heterocycles. The standard InChI is InChI=1S/C14H18N6O2/c1-8-17-18-14(22-8)16-10-7-12(21)20(9-3-4-9)13(10)11-5-6-15-19(11)2/h5-6,9-10,13H,3-4,7H2,1-2H3,(H,16,18)/t10-,13-/m1/s1. The Bertz CT molecular complexity index is 704. The molecule has 1 aliphatic heterocycles. The summed E-state index contributed by atoms with van der Waals surface area (Å²) in [5, 5.41) is 15.3. The molecule has 116 valence electrons. The maximum Gasteiger partial charge on any atom is 0.315 e. The van der Waals surface area contributed by atoms with Gasteiger partial charge in [-0.25, -0.2) is 0 Å². The van der Waals surface area contributed by atoms with E-state index in [2.05, 4.69) is 20.6 Å². The van der Waals surface area contributed by atoms with Crippen LogP contribution >= 0.6 is 0 Å². The molecule has 0 radical (unpaired) electrons. The van der Waals surface area contributed by atoms with Crippen molar-refractivity contribution in [3.8, 4) is 0 Å². The molecule has 0 aromatic carbocycles. The van der Waals surface area contributed by atoms with Crippen LogP contribution in [0, 0.1) is 6.92 Å². The second-order valence-corrected chi connectivity index (χ2v) is 5.94. The van der Waals surface area contributed by atoms with Gasteiger partial charge in [-0.05, 0) is 18.9 Å². The maximum atomic E-state index is 12.5. The van der Waals surface area contributed by atoms with Gasteiger partial charge >= 0.3 is 6.01 Å². The van der Waals surface area contributed by atoms with Gasteiger partial charge in [0.15, 0.2) is 0 Å². The molecule has 1 aliphatic carbocycles. The summed E-state index contributed by atoms with van der Waals surface area (Å²) in [6, 6.07) is 2.53. The van der Waals surface area contributed by atoms with Crippen molar-refractivity contribution in [2.24, 2.45) is 7.05 Å². The molecule has 2 atom stereocenters. The second-order valence-electron chi connectivity index (χ2n) is 5.94. The zero-order chi connectivity index (χ0) is 15.3. The highest BCUT2D eigenvalue weighted by Gasteiger charge is 2.48. The van der Waals surface area contributed by atoms with Gasteiger partial charge in [-0.3, -0.25) is 9.48 Å². The largest absolute Gasteiger partial charge is 0.408 e. The molecule has 2 aromatic rings. The summed E-state index contributed by atoms with van der Waals surface area (Å²) in [6.45, 7) is 1.74. The fraction of sp³-hybridized carbons (Fsp3) is 0.571. The predicted octanol–water partition coefficient (Wildman–Crippen LogP) is 1.03. The van der Waals surface area contributed by atoms with Crippen molar-refractivity contribution in [2.45, 2.75) is 44.3 Å². The number of carbonyl (C=O) groups is 1. The number of nitrogens with zero attached hydrogens (tertiary/aromatic N) is 5. The summed E-state index contributed by atoms with van der Waals surface area (Å²) in [5.41, 5.74) is 1.02. The van der Waals surface area contributed by atoms with E-state index in [0.717, 1.165) is 18.5 Å². The first-order chi connectivity index (χ1) is 10.6. The zero-order valence-corrected chi connectivity index (χ0v) is 12.6. The van der Waals surface area contributed by atoms with E-state index in [1.54, 1.807) is 13.1 Å². The van der Waals surface area contributed by atoms with Gasteiger partial charge in [0, 0.05) is 32.6 Å². The van der Waals surface area contributed by atoms with Gasteiger partial charge in [0.05, 0.1) is 17.8 Å². The SMILES string of the molecule is Cc1nnc(N[C@@H]2CC(=O)N(C3CC3)[C@H]2c2ccnn2C)o1. The normalized spacial score (nSPS) is 25.0. The van der Waals surface area contributed by atoms with Crippen molar-refractivity contribution in [1.82, 2.24) is 24.9 Å². The number of amides is 1. The summed E-state index contributed by atoms with van der Waals surface area (Å²) in [6.07, 6.45) is 4.34. The van der Waals surface area contributed by atoms with Crippen molar-refractivity contribution in [3.05, 3.63) is 23.8 Å². The molecule has 1 amide bonds. The van der Waals surface area contributed by atoms with Crippen LogP contribution in [0.1, 0.15) is 36.9 Å². The lowest BCUT2D eigenvalue weighted by atomic mass is 10.1. The van der Waals surface area contributed by atoms with Crippen LogP contribution in [0.25, 0.3) is 0 Å². The van der Waals surface area contributed by atoms with Crippen LogP contribution in [-0.4, -0.2) is 42.9 Å². The summed E-state index contributed by atoms with van der Waals surface area (Å²) in [5.74, 6) is 0.672. The summed E-state index contributed by atoms with van der Waals surface area (Å²) >= 11 is 0. The lowest BCUT2D eigenvalue weighted by molar-refractivity contribution is -0.129. The van der Waals surface area contributed by atoms with E-state index >= 15 is 0 Å². The molecular formula is C14H18N6O2. The van der Waals surface area contributed by atoms with Crippen molar-refractivity contribution in [2.75, 3.05) is 5.32 Å². The Morgan fingerprint density at radius 1 is 1.36 bits per heavy atom. The molecule has 8 heteroatoms. The first kappa shape index (κ1) is 13.3. The molecule has 2 aliphatic rings. The summed E-state index contributed by atoms with van der Waals surface area (Å²) in [4.78, 5) is 14.5. The van der Waals surface area contributed by atoms with Gasteiger partial charge < -0.3 is 14.6 Å². The topological polar surface area (TPSA) is 89.1 Å². The fourth-order valence-corrected chi connectivity index (χ4v) is 3.20. The van der Waals surface area contributed by atoms with E-state index in [4.69, 9.17) is 4.42 Å². The Hall–Kier alpha value is -2.38. The van der Waals surface area contributed by atoms with Crippen LogP contribution in [0.2, 0.25) is 0 Å². The van der Waals surface area contributed by atoms with Crippen molar-refractivity contribution in [3.63, 3.8) is 0 Å². The van der Waals surface area contributed by atoms with Gasteiger partial charge in [-0.2, -0.15) is 5.10 Å². The van der Waals surface area contributed by atoms with Crippen LogP contribution in [0.3, 0.4) is 0 Å². The minimum Gasteiger partial charge on any atom is -0.408 e. The number of rotatable bonds is 4. The first-order valence-electron chi connectivity index (χ1n) is 7.49. The Morgan fingerprint density at radius 2 is 2.18 bits per heavy atom. The highest BCUT2D eigenvalue weighted by atomic mass is 16.4. The molecule has 1 saturated carbocycles. The van der Waals surface area contributed by atoms with Crippen LogP contribution in [0.5, 0.6) is 0 Å². The molecule has 22 heavy (non-hydrogen) atoms. The highest BCUT2D eigenvalue weighted by Crippen LogP contribution is 2.42. The molecule has 8 nitrogen and oxygen atoms in total. The first-order valence-corrected chi connectivity index (χ1v) is 7.49. The van der Waals surface area contributed by atoms with E-state index in [-0.39, 0.29) is 18.0 Å². The second kappa shape index (κ2) is 4.82. The van der Waals surface area contributed by atoms with Gasteiger partial charge in [-0.15, -0.1) is 5.10 Å². The number of hydrogen-bond donors (Lipinski definition) is 1. The monoisotopic (exact) mass is 302 g/mol. The molecule has 3 heterocycles. The van der Waals surface area contributed by atoms with E-state index < -0.39 is 0 Å². The van der Waals surface area contributed by atoms with Crippen LogP contribution in [-0.2, 0) is 11.8 Å². The number of likely N-dealkylation sites (tertiary alicyclic amines) is 1. The summed E-state index contributed by atoms with van der Waals surface area (Å²) < 4.78 is 7.23. The minimum absolute atomic E-state index is 0.0558. The average molecular weight is 302 g/mol. The molecule has 1 N–H and O–H groups in total. The number of nitrogens with one attached hydrogen (secondary N) is 1. The van der Waals surface area contributed by atoms with Gasteiger partial charge in [-0.1, -0.05) is 5.10 Å². The van der Waals surface area contributed by atoms with Crippen LogP contribution in [0.15, 0.2) is 16.7 Å². The van der Waals surface area contributed by atoms with Crippen LogP contribution < -0.4 is 5.32 Å². The van der Waals surface area contributed by atoms with E-state index in [1.165, 1.54) is 0 Å². The number of anilines is 1. The van der Waals surface area contributed by atoms with Gasteiger partial charge in [0.1, 0.15) is 0 Å². The molecule has 0 unspecified atom stereocenters. The Kier molecular flexibility index (Phi) is 2.91. The highest BCUT2D eigenvalue weighted by molar-refractivity contribution is 5.81. The predicted molar refractivity (Wildman–Crippen MR) is 76.9 cm³/mol. The third kappa shape index (κ3) is 2.15. The van der Waals surface area contributed by atoms with E-state index in [9.17, 15) is 4.79 Å². The van der Waals surface area contributed by atoms with E-state index in [0.29, 0.717) is 24.4 Å².